The van der Waals surface area contributed by atoms with E-state index in [1.165, 1.54) is 7.11 Å². The molecule has 0 aliphatic carbocycles. The molecule has 1 aliphatic heterocycles. The lowest BCUT2D eigenvalue weighted by Gasteiger charge is -2.26. The summed E-state index contributed by atoms with van der Waals surface area (Å²) < 4.78 is 11.1. The summed E-state index contributed by atoms with van der Waals surface area (Å²) in [6.45, 7) is 1.84. The first-order valence-electron chi connectivity index (χ1n) is 8.09. The fraction of sp³-hybridized carbons (Fsp3) is 0.263. The van der Waals surface area contributed by atoms with E-state index >= 15 is 0 Å². The standard InChI is InChI=1S/C19H18N4O3/c1-19(18(24)25-2)16(15-11-7-6-10-14(15)12-21-23-20)26-17(22-19)13-8-4-3-5-9-13/h3-11,16H,12H2,1-2H3/t16-,19-/m0/s1. The van der Waals surface area contributed by atoms with Crippen molar-refractivity contribution in [1.82, 2.24) is 0 Å². The quantitative estimate of drug-likeness (QED) is 0.353. The van der Waals surface area contributed by atoms with Crippen LogP contribution in [-0.4, -0.2) is 24.5 Å². The molecule has 0 saturated carbocycles. The number of benzene rings is 2. The van der Waals surface area contributed by atoms with Gasteiger partial charge in [-0.3, -0.25) is 0 Å². The minimum absolute atomic E-state index is 0.157. The molecule has 0 fully saturated rings. The molecule has 132 valence electrons. The van der Waals surface area contributed by atoms with Crippen molar-refractivity contribution in [3.63, 3.8) is 0 Å². The van der Waals surface area contributed by atoms with E-state index < -0.39 is 17.6 Å². The summed E-state index contributed by atoms with van der Waals surface area (Å²) in [6.07, 6.45) is -0.685. The van der Waals surface area contributed by atoms with Gasteiger partial charge in [-0.2, -0.15) is 0 Å². The maximum absolute atomic E-state index is 12.5. The number of esters is 1. The third-order valence-corrected chi connectivity index (χ3v) is 4.34. The molecule has 0 spiro atoms. The fourth-order valence-corrected chi connectivity index (χ4v) is 3.00. The molecule has 3 rings (SSSR count). The van der Waals surface area contributed by atoms with Crippen LogP contribution in [0.15, 0.2) is 64.7 Å². The predicted molar refractivity (Wildman–Crippen MR) is 96.5 cm³/mol. The number of aliphatic imine (C=N–C) groups is 1. The summed E-state index contributed by atoms with van der Waals surface area (Å²) in [5, 5.41) is 3.64. The van der Waals surface area contributed by atoms with Crippen LogP contribution in [0.3, 0.4) is 0 Å². The molecule has 0 saturated heterocycles. The lowest BCUT2D eigenvalue weighted by Crippen LogP contribution is -2.39. The van der Waals surface area contributed by atoms with E-state index in [1.54, 1.807) is 6.92 Å². The first-order valence-corrected chi connectivity index (χ1v) is 8.09. The lowest BCUT2D eigenvalue weighted by atomic mass is 9.88. The van der Waals surface area contributed by atoms with Gasteiger partial charge in [0.25, 0.3) is 0 Å². The summed E-state index contributed by atoms with van der Waals surface area (Å²) in [7, 11) is 1.33. The SMILES string of the molecule is COC(=O)[C@@]1(C)N=C(c2ccccc2)O[C@H]1c1ccccc1CN=[N+]=[N-]. The Morgan fingerprint density at radius 3 is 2.65 bits per heavy atom. The van der Waals surface area contributed by atoms with Gasteiger partial charge in [0.05, 0.1) is 13.7 Å². The molecule has 2 atom stereocenters. The molecule has 0 bridgehead atoms. The van der Waals surface area contributed by atoms with Gasteiger partial charge < -0.3 is 9.47 Å². The van der Waals surface area contributed by atoms with Crippen molar-refractivity contribution in [2.75, 3.05) is 7.11 Å². The number of azide groups is 1. The number of carbonyl (C=O) groups is 1. The molecule has 2 aromatic carbocycles. The monoisotopic (exact) mass is 350 g/mol. The Bertz CT molecular complexity index is 891. The third-order valence-electron chi connectivity index (χ3n) is 4.34. The number of rotatable bonds is 5. The van der Waals surface area contributed by atoms with Gasteiger partial charge in [-0.15, -0.1) is 0 Å². The van der Waals surface area contributed by atoms with Crippen LogP contribution in [0.4, 0.5) is 0 Å². The Balaban J connectivity index is 2.07. The van der Waals surface area contributed by atoms with E-state index in [0.717, 1.165) is 16.7 Å². The summed E-state index contributed by atoms with van der Waals surface area (Å²) in [4.78, 5) is 19.9. The Kier molecular flexibility index (Phi) is 4.91. The molecular formula is C19H18N4O3. The molecule has 0 unspecified atom stereocenters. The summed E-state index contributed by atoms with van der Waals surface area (Å²) in [5.41, 5.74) is 9.68. The maximum Gasteiger partial charge on any atom is 0.337 e. The molecule has 0 radical (unpaired) electrons. The molecule has 0 aromatic heterocycles. The predicted octanol–water partition coefficient (Wildman–Crippen LogP) is 3.95. The topological polar surface area (TPSA) is 96.6 Å². The molecule has 1 heterocycles. The van der Waals surface area contributed by atoms with Gasteiger partial charge in [0.2, 0.25) is 5.90 Å². The highest BCUT2D eigenvalue weighted by Gasteiger charge is 2.51. The van der Waals surface area contributed by atoms with Crippen molar-refractivity contribution >= 4 is 11.9 Å². The van der Waals surface area contributed by atoms with E-state index in [1.807, 2.05) is 54.6 Å². The van der Waals surface area contributed by atoms with Crippen molar-refractivity contribution in [3.05, 3.63) is 81.7 Å². The van der Waals surface area contributed by atoms with Crippen molar-refractivity contribution in [2.45, 2.75) is 25.1 Å². The van der Waals surface area contributed by atoms with Crippen LogP contribution in [0, 0.1) is 0 Å². The van der Waals surface area contributed by atoms with Gasteiger partial charge in [0.1, 0.15) is 0 Å². The zero-order valence-corrected chi connectivity index (χ0v) is 14.5. The summed E-state index contributed by atoms with van der Waals surface area (Å²) in [6, 6.07) is 16.7. The average molecular weight is 350 g/mol. The maximum atomic E-state index is 12.5. The van der Waals surface area contributed by atoms with Crippen LogP contribution >= 0.6 is 0 Å². The van der Waals surface area contributed by atoms with E-state index in [-0.39, 0.29) is 6.54 Å². The smallest absolute Gasteiger partial charge is 0.337 e. The van der Waals surface area contributed by atoms with Gasteiger partial charge in [0.15, 0.2) is 11.6 Å². The molecular weight excluding hydrogens is 332 g/mol. The van der Waals surface area contributed by atoms with E-state index in [4.69, 9.17) is 15.0 Å². The molecule has 2 aromatic rings. The van der Waals surface area contributed by atoms with Gasteiger partial charge in [-0.1, -0.05) is 47.6 Å². The van der Waals surface area contributed by atoms with Gasteiger partial charge in [-0.25, -0.2) is 9.79 Å². The zero-order valence-electron chi connectivity index (χ0n) is 14.5. The van der Waals surface area contributed by atoms with Crippen molar-refractivity contribution in [1.29, 1.82) is 0 Å². The number of nitrogens with zero attached hydrogens (tertiary/aromatic N) is 4. The van der Waals surface area contributed by atoms with Crippen LogP contribution in [0.5, 0.6) is 0 Å². The van der Waals surface area contributed by atoms with Crippen LogP contribution in [0.1, 0.15) is 29.7 Å². The Hall–Kier alpha value is -3.31. The second-order valence-corrected chi connectivity index (χ2v) is 6.01. The van der Waals surface area contributed by atoms with Gasteiger partial charge >= 0.3 is 5.97 Å². The minimum Gasteiger partial charge on any atom is -0.467 e. The normalized spacial score (nSPS) is 21.3. The average Bonchev–Trinajstić information content (AvgIpc) is 3.05. The second kappa shape index (κ2) is 7.29. The second-order valence-electron chi connectivity index (χ2n) is 6.01. The number of ether oxygens (including phenoxy) is 2. The number of carbonyl (C=O) groups excluding carboxylic acids is 1. The third kappa shape index (κ3) is 3.12. The van der Waals surface area contributed by atoms with Crippen LogP contribution in [0.25, 0.3) is 10.4 Å². The van der Waals surface area contributed by atoms with E-state index in [2.05, 4.69) is 15.0 Å². The van der Waals surface area contributed by atoms with Gasteiger partial charge in [-0.05, 0) is 35.7 Å². The molecule has 0 N–H and O–H groups in total. The Morgan fingerprint density at radius 2 is 1.96 bits per heavy atom. The minimum atomic E-state index is -1.24. The Morgan fingerprint density at radius 1 is 1.27 bits per heavy atom. The highest BCUT2D eigenvalue weighted by molar-refractivity contribution is 5.99. The van der Waals surface area contributed by atoms with Crippen molar-refractivity contribution < 1.29 is 14.3 Å². The molecule has 7 heteroatoms. The van der Waals surface area contributed by atoms with E-state index in [9.17, 15) is 4.79 Å². The lowest BCUT2D eigenvalue weighted by molar-refractivity contribution is -0.149. The first-order chi connectivity index (χ1) is 12.6. The number of hydrogen-bond donors (Lipinski definition) is 0. The summed E-state index contributed by atoms with van der Waals surface area (Å²) >= 11 is 0. The fourth-order valence-electron chi connectivity index (χ4n) is 3.00. The number of methoxy groups -OCH3 is 1. The zero-order chi connectivity index (χ0) is 18.6. The highest BCUT2D eigenvalue weighted by atomic mass is 16.5. The molecule has 7 nitrogen and oxygen atoms in total. The highest BCUT2D eigenvalue weighted by Crippen LogP contribution is 2.41. The number of hydrogen-bond acceptors (Lipinski definition) is 5. The van der Waals surface area contributed by atoms with Crippen molar-refractivity contribution in [2.24, 2.45) is 10.1 Å². The van der Waals surface area contributed by atoms with Gasteiger partial charge in [0, 0.05) is 10.5 Å². The molecule has 26 heavy (non-hydrogen) atoms. The summed E-state index contributed by atoms with van der Waals surface area (Å²) in [5.74, 6) is -0.117. The molecule has 0 amide bonds. The van der Waals surface area contributed by atoms with Crippen molar-refractivity contribution in [3.8, 4) is 0 Å². The first kappa shape index (κ1) is 17.5. The largest absolute Gasteiger partial charge is 0.467 e. The van der Waals surface area contributed by atoms with E-state index in [0.29, 0.717) is 5.90 Å². The van der Waals surface area contributed by atoms with Crippen LogP contribution in [0.2, 0.25) is 0 Å². The Labute approximate surface area is 150 Å². The molecule has 1 aliphatic rings. The van der Waals surface area contributed by atoms with Crippen LogP contribution < -0.4 is 0 Å². The van der Waals surface area contributed by atoms with Crippen LogP contribution in [-0.2, 0) is 20.8 Å².